The molecular weight excluding hydrogens is 250 g/mol. The van der Waals surface area contributed by atoms with Crippen molar-refractivity contribution in [1.29, 1.82) is 0 Å². The van der Waals surface area contributed by atoms with Gasteiger partial charge in [0.15, 0.2) is 0 Å². The van der Waals surface area contributed by atoms with Gasteiger partial charge in [0.05, 0.1) is 6.04 Å². The molecule has 3 N–H and O–H groups in total. The number of para-hydroxylation sites is 1. The van der Waals surface area contributed by atoms with Crippen LogP contribution >= 0.6 is 0 Å². The average molecular weight is 280 g/mol. The second-order valence-corrected chi connectivity index (χ2v) is 5.67. The first-order valence-electron chi connectivity index (χ1n) is 7.81. The minimum absolute atomic E-state index is 0.361. The number of rotatable bonds is 9. The highest BCUT2D eigenvalue weighted by molar-refractivity contribution is 5.35. The Bertz CT molecular complexity index is 381. The number of hydrogen-bond donors (Lipinski definition) is 2. The molecule has 1 rings (SSSR count). The zero-order valence-electron chi connectivity index (χ0n) is 13.3. The molecular formula is C17H30NO2+. The Hall–Kier alpha value is -1.06. The van der Waals surface area contributed by atoms with Gasteiger partial charge in [0.1, 0.15) is 25.0 Å². The van der Waals surface area contributed by atoms with Gasteiger partial charge in [0, 0.05) is 0 Å². The lowest BCUT2D eigenvalue weighted by Crippen LogP contribution is -2.91. The number of nitrogens with two attached hydrogens (primary N) is 1. The Balaban J connectivity index is 2.49. The average Bonchev–Trinajstić information content (AvgIpc) is 2.49. The third kappa shape index (κ3) is 5.51. The van der Waals surface area contributed by atoms with E-state index in [9.17, 15) is 5.11 Å². The Kier molecular flexibility index (Phi) is 7.63. The molecule has 3 atom stereocenters. The van der Waals surface area contributed by atoms with Crippen LogP contribution in [0.2, 0.25) is 0 Å². The van der Waals surface area contributed by atoms with Gasteiger partial charge in [-0.3, -0.25) is 0 Å². The number of ether oxygens (including phenoxy) is 1. The van der Waals surface area contributed by atoms with Crippen LogP contribution in [0.25, 0.3) is 0 Å². The van der Waals surface area contributed by atoms with Crippen molar-refractivity contribution >= 4 is 0 Å². The maximum Gasteiger partial charge on any atom is 0.137 e. The van der Waals surface area contributed by atoms with E-state index in [-0.39, 0.29) is 0 Å². The first kappa shape index (κ1) is 17.0. The highest BCUT2D eigenvalue weighted by atomic mass is 16.5. The third-order valence-corrected chi connectivity index (χ3v) is 3.95. The lowest BCUT2D eigenvalue weighted by Gasteiger charge is -2.18. The van der Waals surface area contributed by atoms with Crippen molar-refractivity contribution in [3.05, 3.63) is 29.8 Å². The van der Waals surface area contributed by atoms with Gasteiger partial charge < -0.3 is 15.2 Å². The van der Waals surface area contributed by atoms with E-state index in [1.54, 1.807) is 0 Å². The highest BCUT2D eigenvalue weighted by Gasteiger charge is 2.13. The summed E-state index contributed by atoms with van der Waals surface area (Å²) in [4.78, 5) is 0. The fourth-order valence-electron chi connectivity index (χ4n) is 2.05. The first-order valence-corrected chi connectivity index (χ1v) is 7.81. The zero-order chi connectivity index (χ0) is 15.0. The van der Waals surface area contributed by atoms with Crippen molar-refractivity contribution in [1.82, 2.24) is 0 Å². The Morgan fingerprint density at radius 3 is 2.50 bits per heavy atom. The van der Waals surface area contributed by atoms with Gasteiger partial charge in [-0.1, -0.05) is 39.0 Å². The summed E-state index contributed by atoms with van der Waals surface area (Å²) in [6.45, 7) is 9.77. The SMILES string of the molecule is CC[C@@H](C)c1ccccc1OC[C@@H](O)C[NH2+][C@@H](C)CC. The molecule has 0 aliphatic heterocycles. The van der Waals surface area contributed by atoms with Crippen LogP contribution in [0.5, 0.6) is 5.75 Å². The summed E-state index contributed by atoms with van der Waals surface area (Å²) in [6.07, 6.45) is 1.78. The molecule has 1 aromatic carbocycles. The molecule has 0 unspecified atom stereocenters. The molecule has 0 aliphatic carbocycles. The van der Waals surface area contributed by atoms with E-state index in [2.05, 4.69) is 39.1 Å². The molecule has 0 spiro atoms. The van der Waals surface area contributed by atoms with Crippen molar-refractivity contribution in [3.63, 3.8) is 0 Å². The number of benzene rings is 1. The molecule has 20 heavy (non-hydrogen) atoms. The fraction of sp³-hybridized carbons (Fsp3) is 0.647. The Morgan fingerprint density at radius 2 is 1.85 bits per heavy atom. The number of quaternary nitrogens is 1. The summed E-state index contributed by atoms with van der Waals surface area (Å²) < 4.78 is 5.82. The smallest absolute Gasteiger partial charge is 0.137 e. The lowest BCUT2D eigenvalue weighted by molar-refractivity contribution is -0.691. The van der Waals surface area contributed by atoms with Crippen LogP contribution in [0, 0.1) is 0 Å². The van der Waals surface area contributed by atoms with Crippen molar-refractivity contribution in [2.75, 3.05) is 13.2 Å². The zero-order valence-corrected chi connectivity index (χ0v) is 13.3. The Labute approximate surface area is 123 Å². The quantitative estimate of drug-likeness (QED) is 0.729. The molecule has 0 radical (unpaired) electrons. The molecule has 0 aromatic heterocycles. The Morgan fingerprint density at radius 1 is 1.15 bits per heavy atom. The number of aliphatic hydroxyl groups is 1. The monoisotopic (exact) mass is 280 g/mol. The highest BCUT2D eigenvalue weighted by Crippen LogP contribution is 2.28. The molecule has 0 aliphatic rings. The molecule has 0 bridgehead atoms. The van der Waals surface area contributed by atoms with E-state index in [0.717, 1.165) is 18.6 Å². The minimum Gasteiger partial charge on any atom is -0.490 e. The predicted molar refractivity (Wildman–Crippen MR) is 83.2 cm³/mol. The standard InChI is InChI=1S/C17H29NO2/c1-5-13(3)16-9-7-8-10-17(16)20-12-15(19)11-18-14(4)6-2/h7-10,13-15,18-19H,5-6,11-12H2,1-4H3/p+1/t13-,14+,15+/m1/s1. The van der Waals surface area contributed by atoms with Gasteiger partial charge in [-0.05, 0) is 37.3 Å². The summed E-state index contributed by atoms with van der Waals surface area (Å²) in [5.74, 6) is 1.39. The summed E-state index contributed by atoms with van der Waals surface area (Å²) in [5.41, 5.74) is 1.23. The van der Waals surface area contributed by atoms with E-state index in [1.165, 1.54) is 5.56 Å². The van der Waals surface area contributed by atoms with Gasteiger partial charge in [-0.2, -0.15) is 0 Å². The van der Waals surface area contributed by atoms with Crippen LogP contribution in [0.1, 0.15) is 52.0 Å². The van der Waals surface area contributed by atoms with Gasteiger partial charge >= 0.3 is 0 Å². The topological polar surface area (TPSA) is 46.1 Å². The van der Waals surface area contributed by atoms with Crippen LogP contribution in [0.4, 0.5) is 0 Å². The van der Waals surface area contributed by atoms with E-state index >= 15 is 0 Å². The summed E-state index contributed by atoms with van der Waals surface area (Å²) >= 11 is 0. The van der Waals surface area contributed by atoms with Gasteiger partial charge in [-0.25, -0.2) is 0 Å². The van der Waals surface area contributed by atoms with Crippen molar-refractivity contribution in [2.45, 2.75) is 58.6 Å². The van der Waals surface area contributed by atoms with Crippen LogP contribution in [-0.4, -0.2) is 30.4 Å². The van der Waals surface area contributed by atoms with Crippen LogP contribution in [-0.2, 0) is 0 Å². The van der Waals surface area contributed by atoms with E-state index < -0.39 is 6.10 Å². The normalized spacial score (nSPS) is 15.7. The minimum atomic E-state index is -0.422. The first-order chi connectivity index (χ1) is 9.58. The molecule has 0 heterocycles. The molecule has 0 saturated heterocycles. The lowest BCUT2D eigenvalue weighted by atomic mass is 9.98. The van der Waals surface area contributed by atoms with Crippen molar-refractivity contribution < 1.29 is 15.2 Å². The molecule has 0 amide bonds. The molecule has 0 saturated carbocycles. The van der Waals surface area contributed by atoms with E-state index in [1.807, 2.05) is 18.2 Å². The molecule has 0 fully saturated rings. The van der Waals surface area contributed by atoms with Crippen LogP contribution in [0.15, 0.2) is 24.3 Å². The summed E-state index contributed by atoms with van der Waals surface area (Å²) in [5, 5.41) is 12.2. The second kappa shape index (κ2) is 8.98. The van der Waals surface area contributed by atoms with Crippen LogP contribution in [0.3, 0.4) is 0 Å². The van der Waals surface area contributed by atoms with Crippen molar-refractivity contribution in [2.24, 2.45) is 0 Å². The number of aliphatic hydroxyl groups excluding tert-OH is 1. The summed E-state index contributed by atoms with van der Waals surface area (Å²) in [7, 11) is 0. The van der Waals surface area contributed by atoms with E-state index in [0.29, 0.717) is 25.1 Å². The second-order valence-electron chi connectivity index (χ2n) is 5.67. The predicted octanol–water partition coefficient (Wildman–Crippen LogP) is 2.30. The van der Waals surface area contributed by atoms with Gasteiger partial charge in [-0.15, -0.1) is 0 Å². The largest absolute Gasteiger partial charge is 0.490 e. The maximum atomic E-state index is 9.99. The summed E-state index contributed by atoms with van der Waals surface area (Å²) in [6, 6.07) is 8.69. The van der Waals surface area contributed by atoms with Gasteiger partial charge in [0.2, 0.25) is 0 Å². The molecule has 114 valence electrons. The van der Waals surface area contributed by atoms with Crippen molar-refractivity contribution in [3.8, 4) is 5.75 Å². The fourth-order valence-corrected chi connectivity index (χ4v) is 2.05. The van der Waals surface area contributed by atoms with Crippen LogP contribution < -0.4 is 10.1 Å². The van der Waals surface area contributed by atoms with Gasteiger partial charge in [0.25, 0.3) is 0 Å². The number of hydrogen-bond acceptors (Lipinski definition) is 2. The molecule has 3 nitrogen and oxygen atoms in total. The molecule has 3 heteroatoms. The molecule has 1 aromatic rings. The van der Waals surface area contributed by atoms with E-state index in [4.69, 9.17) is 4.74 Å². The third-order valence-electron chi connectivity index (χ3n) is 3.95. The maximum absolute atomic E-state index is 9.99.